The minimum Gasteiger partial charge on any atom is -0.481 e. The van der Waals surface area contributed by atoms with Crippen LogP contribution in [0.1, 0.15) is 22.6 Å². The number of rotatable bonds is 3. The van der Waals surface area contributed by atoms with Crippen LogP contribution in [0.4, 0.5) is 0 Å². The van der Waals surface area contributed by atoms with Crippen LogP contribution in [-0.2, 0) is 11.2 Å². The Labute approximate surface area is 97.8 Å². The number of nitrogens with zero attached hydrogens (tertiary/aromatic N) is 1. The summed E-state index contributed by atoms with van der Waals surface area (Å²) in [5.74, 6) is -0.771. The first-order valence-corrected chi connectivity index (χ1v) is 5.96. The fourth-order valence-corrected chi connectivity index (χ4v) is 2.76. The van der Waals surface area contributed by atoms with Gasteiger partial charge in [-0.2, -0.15) is 0 Å². The summed E-state index contributed by atoms with van der Waals surface area (Å²) in [7, 11) is 0. The molecule has 1 heterocycles. The van der Waals surface area contributed by atoms with Crippen molar-refractivity contribution in [3.63, 3.8) is 0 Å². The highest BCUT2D eigenvalue weighted by Gasteiger charge is 2.08. The van der Waals surface area contributed by atoms with Crippen molar-refractivity contribution < 1.29 is 9.90 Å². The first-order valence-electron chi connectivity index (χ1n) is 5.15. The van der Waals surface area contributed by atoms with E-state index in [1.807, 2.05) is 13.0 Å². The van der Waals surface area contributed by atoms with Crippen molar-refractivity contribution in [2.75, 3.05) is 0 Å². The zero-order valence-electron chi connectivity index (χ0n) is 9.28. The Balaban J connectivity index is 2.36. The maximum atomic E-state index is 10.5. The van der Waals surface area contributed by atoms with Gasteiger partial charge in [0.15, 0.2) is 0 Å². The summed E-state index contributed by atoms with van der Waals surface area (Å²) < 4.78 is 1.17. The van der Waals surface area contributed by atoms with E-state index in [9.17, 15) is 4.79 Å². The first kappa shape index (κ1) is 11.1. The van der Waals surface area contributed by atoms with Crippen LogP contribution in [0.3, 0.4) is 0 Å². The molecule has 4 heteroatoms. The number of thiazole rings is 1. The molecule has 16 heavy (non-hydrogen) atoms. The largest absolute Gasteiger partial charge is 0.481 e. The van der Waals surface area contributed by atoms with Crippen LogP contribution in [-0.4, -0.2) is 16.1 Å². The molecule has 0 atom stereocenters. The lowest BCUT2D eigenvalue weighted by Crippen LogP contribution is -1.96. The Bertz CT molecular complexity index is 545. The van der Waals surface area contributed by atoms with E-state index in [1.165, 1.54) is 15.8 Å². The Morgan fingerprint density at radius 3 is 2.88 bits per heavy atom. The van der Waals surface area contributed by atoms with Crippen LogP contribution in [0.25, 0.3) is 10.2 Å². The number of carboxylic acid groups (broad SMARTS) is 1. The third kappa shape index (κ3) is 2.22. The van der Waals surface area contributed by atoms with Crippen molar-refractivity contribution in [1.29, 1.82) is 0 Å². The van der Waals surface area contributed by atoms with Gasteiger partial charge in [0.05, 0.1) is 21.6 Å². The Morgan fingerprint density at radius 2 is 2.19 bits per heavy atom. The molecule has 0 amide bonds. The number of hydrogen-bond donors (Lipinski definition) is 1. The molecule has 1 N–H and O–H groups in total. The number of aryl methyl sites for hydroxylation is 3. The summed E-state index contributed by atoms with van der Waals surface area (Å²) in [4.78, 5) is 14.9. The third-order valence-electron chi connectivity index (χ3n) is 2.42. The van der Waals surface area contributed by atoms with Crippen LogP contribution >= 0.6 is 11.3 Å². The second kappa shape index (κ2) is 4.22. The lowest BCUT2D eigenvalue weighted by atomic mass is 10.1. The van der Waals surface area contributed by atoms with E-state index < -0.39 is 5.97 Å². The highest BCUT2D eigenvalue weighted by Crippen LogP contribution is 2.27. The number of fused-ring (bicyclic) bond motifs is 1. The molecule has 2 aromatic rings. The molecule has 0 bridgehead atoms. The number of aromatic nitrogens is 1. The van der Waals surface area contributed by atoms with E-state index in [0.717, 1.165) is 10.5 Å². The van der Waals surface area contributed by atoms with Crippen molar-refractivity contribution in [2.24, 2.45) is 0 Å². The molecule has 3 nitrogen and oxygen atoms in total. The average molecular weight is 235 g/mol. The fraction of sp³-hybridized carbons (Fsp3) is 0.333. The lowest BCUT2D eigenvalue weighted by molar-refractivity contribution is -0.136. The molecule has 0 aliphatic carbocycles. The lowest BCUT2D eigenvalue weighted by Gasteiger charge is -1.95. The number of carbonyl (C=O) groups is 1. The molecule has 1 aromatic carbocycles. The quantitative estimate of drug-likeness (QED) is 0.889. The molecule has 0 radical (unpaired) electrons. The smallest absolute Gasteiger partial charge is 0.303 e. The average Bonchev–Trinajstić information content (AvgIpc) is 2.57. The van der Waals surface area contributed by atoms with Crippen LogP contribution in [0.5, 0.6) is 0 Å². The number of hydrogen-bond acceptors (Lipinski definition) is 3. The summed E-state index contributed by atoms with van der Waals surface area (Å²) >= 11 is 1.60. The van der Waals surface area contributed by atoms with Gasteiger partial charge in [0.25, 0.3) is 0 Å². The van der Waals surface area contributed by atoms with Crippen molar-refractivity contribution in [2.45, 2.75) is 26.7 Å². The zero-order valence-corrected chi connectivity index (χ0v) is 10.1. The molecule has 0 saturated heterocycles. The fourth-order valence-electron chi connectivity index (χ4n) is 1.74. The molecule has 0 fully saturated rings. The van der Waals surface area contributed by atoms with Gasteiger partial charge in [0, 0.05) is 6.42 Å². The number of carboxylic acids is 1. The first-order chi connectivity index (χ1) is 7.56. The van der Waals surface area contributed by atoms with E-state index in [0.29, 0.717) is 6.42 Å². The van der Waals surface area contributed by atoms with Gasteiger partial charge < -0.3 is 5.11 Å². The van der Waals surface area contributed by atoms with E-state index in [-0.39, 0.29) is 6.42 Å². The second-order valence-corrected chi connectivity index (χ2v) is 5.02. The third-order valence-corrected chi connectivity index (χ3v) is 3.68. The van der Waals surface area contributed by atoms with Gasteiger partial charge in [0.1, 0.15) is 0 Å². The molecule has 0 aliphatic heterocycles. The predicted molar refractivity (Wildman–Crippen MR) is 65.1 cm³/mol. The minimum atomic E-state index is -0.771. The van der Waals surface area contributed by atoms with Crippen molar-refractivity contribution in [3.8, 4) is 0 Å². The van der Waals surface area contributed by atoms with E-state index in [4.69, 9.17) is 5.11 Å². The molecular weight excluding hydrogens is 222 g/mol. The monoisotopic (exact) mass is 235 g/mol. The van der Waals surface area contributed by atoms with Crippen LogP contribution in [0, 0.1) is 13.8 Å². The van der Waals surface area contributed by atoms with Crippen LogP contribution in [0.2, 0.25) is 0 Å². The highest BCUT2D eigenvalue weighted by atomic mass is 32.1. The molecule has 0 spiro atoms. The summed E-state index contributed by atoms with van der Waals surface area (Å²) in [6, 6.07) is 4.17. The van der Waals surface area contributed by atoms with Gasteiger partial charge in [0.2, 0.25) is 0 Å². The molecule has 0 saturated carbocycles. The Kier molecular flexibility index (Phi) is 2.92. The van der Waals surface area contributed by atoms with Crippen molar-refractivity contribution in [1.82, 2.24) is 4.98 Å². The predicted octanol–water partition coefficient (Wildman–Crippen LogP) is 2.93. The van der Waals surface area contributed by atoms with Gasteiger partial charge in [-0.25, -0.2) is 4.98 Å². The van der Waals surface area contributed by atoms with Gasteiger partial charge >= 0.3 is 5.97 Å². The van der Waals surface area contributed by atoms with Crippen LogP contribution in [0.15, 0.2) is 12.1 Å². The standard InChI is InChI=1S/C12H13NO2S/c1-7-5-8(2)12-9(6-7)13-10(16-12)3-4-11(14)15/h5-6H,3-4H2,1-2H3,(H,14,15). The van der Waals surface area contributed by atoms with E-state index >= 15 is 0 Å². The summed E-state index contributed by atoms with van der Waals surface area (Å²) in [5, 5.41) is 9.53. The maximum Gasteiger partial charge on any atom is 0.303 e. The van der Waals surface area contributed by atoms with Gasteiger partial charge in [-0.05, 0) is 31.0 Å². The maximum absolute atomic E-state index is 10.5. The van der Waals surface area contributed by atoms with E-state index in [2.05, 4.69) is 18.0 Å². The van der Waals surface area contributed by atoms with Gasteiger partial charge in [-0.15, -0.1) is 11.3 Å². The van der Waals surface area contributed by atoms with Gasteiger partial charge in [-0.1, -0.05) is 6.07 Å². The van der Waals surface area contributed by atoms with Crippen molar-refractivity contribution in [3.05, 3.63) is 28.3 Å². The van der Waals surface area contributed by atoms with Gasteiger partial charge in [-0.3, -0.25) is 4.79 Å². The Hall–Kier alpha value is -1.42. The zero-order chi connectivity index (χ0) is 11.7. The molecule has 2 rings (SSSR count). The number of benzene rings is 1. The highest BCUT2D eigenvalue weighted by molar-refractivity contribution is 7.18. The summed E-state index contributed by atoms with van der Waals surface area (Å²) in [6.07, 6.45) is 0.672. The number of aliphatic carboxylic acids is 1. The Morgan fingerprint density at radius 1 is 1.44 bits per heavy atom. The minimum absolute atomic E-state index is 0.151. The van der Waals surface area contributed by atoms with E-state index in [1.54, 1.807) is 11.3 Å². The second-order valence-electron chi connectivity index (χ2n) is 3.93. The molecule has 0 unspecified atom stereocenters. The molecular formula is C12H13NO2S. The SMILES string of the molecule is Cc1cc(C)c2sc(CCC(=O)O)nc2c1. The van der Waals surface area contributed by atoms with Crippen molar-refractivity contribution >= 4 is 27.5 Å². The van der Waals surface area contributed by atoms with Crippen LogP contribution < -0.4 is 0 Å². The molecule has 0 aliphatic rings. The summed E-state index contributed by atoms with van der Waals surface area (Å²) in [6.45, 7) is 4.11. The topological polar surface area (TPSA) is 50.2 Å². The molecule has 1 aromatic heterocycles. The normalized spacial score (nSPS) is 10.9. The summed E-state index contributed by atoms with van der Waals surface area (Å²) in [5.41, 5.74) is 3.40. The molecule has 84 valence electrons.